The number of carbonyl (C=O) groups excluding carboxylic acids is 2. The van der Waals surface area contributed by atoms with E-state index in [4.69, 9.17) is 25.3 Å². The van der Waals surface area contributed by atoms with Gasteiger partial charge in [-0.3, -0.25) is 28.2 Å². The van der Waals surface area contributed by atoms with E-state index in [1.54, 1.807) is 42.2 Å². The van der Waals surface area contributed by atoms with Crippen LogP contribution < -0.4 is 21.6 Å². The number of hydrogen-bond acceptors (Lipinski definition) is 11. The number of nitrogens with zero attached hydrogens (tertiary/aromatic N) is 9. The standard InChI is InChI=1S/C44H53FN11O7P/c1-51-39-27(4-2-6-34(39)56(44(51)61)35(41(46)59)11-12-37(57)58)5-3-19-62-30-13-16-52(17-14-30)22-26-7-9-28(10-8-26)55-24-33(38(50-55)40(45)64)48-43(60)32-21-47-54-18-15-36(49-42(32)54)53-23-31-20-29(53)25-63-31/h2,4,6,15,18,21,24,26,28-31,35,40H,7-14,16-17,19-20,22-23,25,64H2,1H3,(H2,46,59)(H,48,60)(H,57,58)/t26?,28?,29-,31-,35?,40?/m1/s1. The number of imidazole rings is 1. The first-order valence-electron chi connectivity index (χ1n) is 22.0. The van der Waals surface area contributed by atoms with Crippen LogP contribution >= 0.6 is 9.24 Å². The van der Waals surface area contributed by atoms with Gasteiger partial charge in [-0.05, 0) is 75.5 Å². The van der Waals surface area contributed by atoms with Crippen molar-refractivity contribution >= 4 is 55.2 Å². The molecule has 4 aromatic heterocycles. The highest BCUT2D eigenvalue weighted by atomic mass is 31.0. The number of carboxylic acid groups (broad SMARTS) is 1. The number of aryl methyl sites for hydroxylation is 1. The van der Waals surface area contributed by atoms with Crippen LogP contribution in [0.5, 0.6) is 0 Å². The molecule has 3 unspecified atom stereocenters. The average molecular weight is 898 g/mol. The number of ether oxygens (including phenoxy) is 2. The minimum Gasteiger partial charge on any atom is -0.481 e. The number of rotatable bonds is 14. The number of anilines is 2. The Hall–Kier alpha value is -5.67. The number of carbonyl (C=O) groups is 3. The minimum atomic E-state index is -1.46. The number of piperidine rings is 1. The number of benzene rings is 1. The normalized spacial score (nSPS) is 22.5. The van der Waals surface area contributed by atoms with Crippen LogP contribution in [0.25, 0.3) is 16.7 Å². The van der Waals surface area contributed by atoms with Gasteiger partial charge in [0.2, 0.25) is 5.91 Å². The molecule has 1 saturated carbocycles. The number of hydrogen-bond donors (Lipinski definition) is 3. The molecule has 9 rings (SSSR count). The lowest BCUT2D eigenvalue weighted by Gasteiger charge is -2.36. The molecule has 4 fully saturated rings. The van der Waals surface area contributed by atoms with Crippen molar-refractivity contribution in [2.75, 3.05) is 49.6 Å². The second-order valence-corrected chi connectivity index (χ2v) is 18.0. The monoisotopic (exact) mass is 897 g/mol. The number of alkyl halides is 1. The third kappa shape index (κ3) is 8.88. The fourth-order valence-corrected chi connectivity index (χ4v) is 10.2. The summed E-state index contributed by atoms with van der Waals surface area (Å²) in [6.07, 6.45) is 11.5. The zero-order valence-corrected chi connectivity index (χ0v) is 36.8. The molecule has 338 valence electrons. The Morgan fingerprint density at radius 1 is 1.12 bits per heavy atom. The van der Waals surface area contributed by atoms with Gasteiger partial charge >= 0.3 is 11.7 Å². The molecule has 4 aliphatic rings. The van der Waals surface area contributed by atoms with Crippen molar-refractivity contribution in [3.63, 3.8) is 0 Å². The van der Waals surface area contributed by atoms with Crippen LogP contribution in [-0.4, -0.2) is 119 Å². The van der Waals surface area contributed by atoms with E-state index in [0.29, 0.717) is 46.0 Å². The Balaban J connectivity index is 0.750. The highest BCUT2D eigenvalue weighted by Gasteiger charge is 2.40. The first kappa shape index (κ1) is 43.6. The zero-order valence-electron chi connectivity index (χ0n) is 35.6. The fraction of sp³-hybridized carbons (Fsp3) is 0.523. The largest absolute Gasteiger partial charge is 0.481 e. The number of fused-ring (bicyclic) bond motifs is 4. The molecule has 7 heterocycles. The molecule has 5 atom stereocenters. The molecular formula is C44H53FN11O7P. The molecule has 5 aromatic rings. The fourth-order valence-electron chi connectivity index (χ4n) is 9.95. The molecule has 18 nitrogen and oxygen atoms in total. The van der Waals surface area contributed by atoms with Crippen LogP contribution in [0.3, 0.4) is 0 Å². The number of halogens is 1. The summed E-state index contributed by atoms with van der Waals surface area (Å²) < 4.78 is 32.9. The van der Waals surface area contributed by atoms with E-state index in [-0.39, 0.29) is 49.4 Å². The van der Waals surface area contributed by atoms with Crippen LogP contribution in [-0.2, 0) is 26.1 Å². The SMILES string of the molecule is Cn1c(=O)n(C(CCC(=O)O)C(N)=O)c2cccc(C#CCOC3CCN(CC4CCC(n5cc(NC(=O)c6cnn7ccc(N8C[C@H]9C[C@@H]8CO9)nc67)c(C(F)P)n5)CC4)CC3)c21. The number of aliphatic carboxylic acids is 1. The summed E-state index contributed by atoms with van der Waals surface area (Å²) in [5, 5.41) is 21.0. The van der Waals surface area contributed by atoms with Crippen LogP contribution in [0.1, 0.15) is 97.4 Å². The van der Waals surface area contributed by atoms with E-state index >= 15 is 0 Å². The summed E-state index contributed by atoms with van der Waals surface area (Å²) >= 11 is 0. The number of primary amides is 1. The summed E-state index contributed by atoms with van der Waals surface area (Å²) in [6.45, 7) is 4.50. The molecule has 2 amide bonds. The van der Waals surface area contributed by atoms with Crippen molar-refractivity contribution < 1.29 is 33.4 Å². The summed E-state index contributed by atoms with van der Waals surface area (Å²) in [7, 11) is 3.74. The van der Waals surface area contributed by atoms with Crippen molar-refractivity contribution in [3.05, 3.63) is 70.2 Å². The lowest BCUT2D eigenvalue weighted by atomic mass is 9.85. The maximum absolute atomic E-state index is 14.9. The number of carboxylic acids is 1. The molecule has 64 heavy (non-hydrogen) atoms. The highest BCUT2D eigenvalue weighted by Crippen LogP contribution is 2.37. The smallest absolute Gasteiger partial charge is 0.329 e. The number of nitrogens with two attached hydrogens (primary N) is 1. The Bertz CT molecular complexity index is 2690. The summed E-state index contributed by atoms with van der Waals surface area (Å²) in [5.74, 6) is 3.79. The molecule has 4 N–H and O–H groups in total. The molecule has 1 aromatic carbocycles. The van der Waals surface area contributed by atoms with Gasteiger partial charge in [0.25, 0.3) is 5.91 Å². The number of aromatic nitrogens is 7. The number of likely N-dealkylation sites (tertiary alicyclic amines) is 1. The second kappa shape index (κ2) is 18.4. The van der Waals surface area contributed by atoms with E-state index in [1.807, 2.05) is 10.7 Å². The van der Waals surface area contributed by atoms with Crippen LogP contribution in [0, 0.1) is 17.8 Å². The van der Waals surface area contributed by atoms with Gasteiger partial charge in [-0.2, -0.15) is 10.2 Å². The van der Waals surface area contributed by atoms with Gasteiger partial charge < -0.3 is 35.4 Å². The first-order chi connectivity index (χ1) is 30.9. The van der Waals surface area contributed by atoms with Crippen molar-refractivity contribution in [1.29, 1.82) is 0 Å². The van der Waals surface area contributed by atoms with Gasteiger partial charge in [0.15, 0.2) is 11.6 Å². The highest BCUT2D eigenvalue weighted by molar-refractivity contribution is 7.16. The zero-order chi connectivity index (χ0) is 44.6. The predicted molar refractivity (Wildman–Crippen MR) is 238 cm³/mol. The Morgan fingerprint density at radius 3 is 2.62 bits per heavy atom. The quantitative estimate of drug-likeness (QED) is 0.107. The Kier molecular flexibility index (Phi) is 12.6. The van der Waals surface area contributed by atoms with Gasteiger partial charge in [0.1, 0.15) is 29.7 Å². The first-order valence-corrected chi connectivity index (χ1v) is 22.6. The molecular weight excluding hydrogens is 845 g/mol. The van der Waals surface area contributed by atoms with Gasteiger partial charge in [0.05, 0.1) is 59.4 Å². The lowest BCUT2D eigenvalue weighted by molar-refractivity contribution is -0.137. The van der Waals surface area contributed by atoms with E-state index < -0.39 is 35.4 Å². The average Bonchev–Trinajstić information content (AvgIpc) is 4.13. The molecule has 2 bridgehead atoms. The van der Waals surface area contributed by atoms with Gasteiger partial charge in [-0.25, -0.2) is 18.7 Å². The van der Waals surface area contributed by atoms with Crippen LogP contribution in [0.15, 0.2) is 47.7 Å². The minimum absolute atomic E-state index is 0.0787. The molecule has 3 aliphatic heterocycles. The van der Waals surface area contributed by atoms with Crippen molar-refractivity contribution in [2.24, 2.45) is 18.7 Å². The van der Waals surface area contributed by atoms with Crippen molar-refractivity contribution in [3.8, 4) is 11.8 Å². The van der Waals surface area contributed by atoms with E-state index in [9.17, 15) is 23.6 Å². The Labute approximate surface area is 370 Å². The summed E-state index contributed by atoms with van der Waals surface area (Å²) in [5.41, 5.74) is 7.94. The topological polar surface area (TPSA) is 209 Å². The van der Waals surface area contributed by atoms with Gasteiger partial charge in [0, 0.05) is 52.0 Å². The third-order valence-corrected chi connectivity index (χ3v) is 13.6. The molecule has 3 saturated heterocycles. The van der Waals surface area contributed by atoms with Crippen molar-refractivity contribution in [1.82, 2.24) is 38.4 Å². The van der Waals surface area contributed by atoms with E-state index in [1.165, 1.54) is 15.3 Å². The predicted octanol–water partition coefficient (Wildman–Crippen LogP) is 3.81. The maximum Gasteiger partial charge on any atom is 0.329 e. The molecule has 0 radical (unpaired) electrons. The molecule has 0 spiro atoms. The van der Waals surface area contributed by atoms with Gasteiger partial charge in [-0.1, -0.05) is 27.1 Å². The van der Waals surface area contributed by atoms with Crippen LogP contribution in [0.2, 0.25) is 0 Å². The number of para-hydroxylation sites is 1. The second-order valence-electron chi connectivity index (χ2n) is 17.4. The third-order valence-electron chi connectivity index (χ3n) is 13.3. The number of morpholine rings is 1. The number of amides is 2. The molecule has 1 aliphatic carbocycles. The van der Waals surface area contributed by atoms with Crippen LogP contribution in [0.4, 0.5) is 15.9 Å². The van der Waals surface area contributed by atoms with E-state index in [2.05, 4.69) is 46.4 Å². The maximum atomic E-state index is 14.9. The molecule has 20 heteroatoms. The Morgan fingerprint density at radius 2 is 1.92 bits per heavy atom. The van der Waals surface area contributed by atoms with E-state index in [0.717, 1.165) is 76.9 Å². The summed E-state index contributed by atoms with van der Waals surface area (Å²) in [4.78, 5) is 59.9. The van der Waals surface area contributed by atoms with Gasteiger partial charge in [-0.15, -0.1) is 0 Å². The van der Waals surface area contributed by atoms with Crippen molar-refractivity contribution in [2.45, 2.75) is 94.0 Å². The summed E-state index contributed by atoms with van der Waals surface area (Å²) in [6, 6.07) is 6.40. The lowest BCUT2D eigenvalue weighted by Crippen LogP contribution is -2.40. The number of nitrogens with one attached hydrogen (secondary N) is 1.